The Bertz CT molecular complexity index is 292. The summed E-state index contributed by atoms with van der Waals surface area (Å²) in [6.07, 6.45) is 7.38. The molecule has 0 bridgehead atoms. The van der Waals surface area contributed by atoms with Crippen LogP contribution in [0.15, 0.2) is 12.3 Å². The maximum Gasteiger partial charge on any atom is 0.0762 e. The first-order valence-corrected chi connectivity index (χ1v) is 6.24. The fourth-order valence-electron chi connectivity index (χ4n) is 2.13. The molecule has 1 aliphatic rings. The summed E-state index contributed by atoms with van der Waals surface area (Å²) < 4.78 is 2.13. The largest absolute Gasteiger partial charge is 0.310 e. The van der Waals surface area contributed by atoms with E-state index in [4.69, 9.17) is 11.6 Å². The van der Waals surface area contributed by atoms with Crippen LogP contribution >= 0.6 is 11.6 Å². The SMILES string of the molecule is ClCCNCc1ccn(C2CCCC2)n1. The number of alkyl halides is 1. The van der Waals surface area contributed by atoms with E-state index in [0.29, 0.717) is 11.9 Å². The summed E-state index contributed by atoms with van der Waals surface area (Å²) in [5.41, 5.74) is 1.12. The molecule has 0 amide bonds. The molecule has 1 fully saturated rings. The highest BCUT2D eigenvalue weighted by Crippen LogP contribution is 2.28. The summed E-state index contributed by atoms with van der Waals surface area (Å²) in [6, 6.07) is 2.74. The van der Waals surface area contributed by atoms with Gasteiger partial charge in [0, 0.05) is 25.2 Å². The van der Waals surface area contributed by atoms with Crippen molar-refractivity contribution in [3.63, 3.8) is 0 Å². The van der Waals surface area contributed by atoms with Crippen molar-refractivity contribution in [3.05, 3.63) is 18.0 Å². The van der Waals surface area contributed by atoms with E-state index in [9.17, 15) is 0 Å². The van der Waals surface area contributed by atoms with E-state index < -0.39 is 0 Å². The molecule has 0 aliphatic heterocycles. The van der Waals surface area contributed by atoms with Crippen molar-refractivity contribution in [1.29, 1.82) is 0 Å². The first-order valence-electron chi connectivity index (χ1n) is 5.71. The van der Waals surface area contributed by atoms with Crippen LogP contribution in [-0.4, -0.2) is 22.2 Å². The summed E-state index contributed by atoms with van der Waals surface area (Å²) >= 11 is 5.59. The van der Waals surface area contributed by atoms with Gasteiger partial charge in [-0.1, -0.05) is 12.8 Å². The Balaban J connectivity index is 1.86. The molecule has 1 aromatic heterocycles. The summed E-state index contributed by atoms with van der Waals surface area (Å²) in [7, 11) is 0. The fraction of sp³-hybridized carbons (Fsp3) is 0.727. The van der Waals surface area contributed by atoms with Gasteiger partial charge in [0.2, 0.25) is 0 Å². The predicted octanol–water partition coefficient (Wildman–Crippen LogP) is 2.33. The van der Waals surface area contributed by atoms with Crippen molar-refractivity contribution >= 4 is 11.6 Å². The van der Waals surface area contributed by atoms with Crippen LogP contribution in [0, 0.1) is 0 Å². The third kappa shape index (κ3) is 2.95. The molecule has 1 aliphatic carbocycles. The van der Waals surface area contributed by atoms with Crippen molar-refractivity contribution < 1.29 is 0 Å². The molecule has 2 rings (SSSR count). The van der Waals surface area contributed by atoms with Gasteiger partial charge in [0.15, 0.2) is 0 Å². The summed E-state index contributed by atoms with van der Waals surface area (Å²) in [5, 5.41) is 7.82. The molecule has 0 radical (unpaired) electrons. The van der Waals surface area contributed by atoms with E-state index in [2.05, 4.69) is 27.4 Å². The minimum Gasteiger partial charge on any atom is -0.310 e. The van der Waals surface area contributed by atoms with Crippen molar-refractivity contribution in [2.75, 3.05) is 12.4 Å². The minimum atomic E-state index is 0.645. The van der Waals surface area contributed by atoms with E-state index in [0.717, 1.165) is 18.8 Å². The van der Waals surface area contributed by atoms with Gasteiger partial charge in [-0.25, -0.2) is 0 Å². The highest BCUT2D eigenvalue weighted by Gasteiger charge is 2.17. The number of halogens is 1. The number of hydrogen-bond donors (Lipinski definition) is 1. The average molecular weight is 228 g/mol. The van der Waals surface area contributed by atoms with Gasteiger partial charge in [-0.05, 0) is 18.9 Å². The quantitative estimate of drug-likeness (QED) is 0.618. The second-order valence-corrected chi connectivity index (χ2v) is 4.47. The van der Waals surface area contributed by atoms with Crippen LogP contribution in [0.25, 0.3) is 0 Å². The standard InChI is InChI=1S/C11H18ClN3/c12-6-7-13-9-10-5-8-15(14-10)11-3-1-2-4-11/h5,8,11,13H,1-4,6-7,9H2. The van der Waals surface area contributed by atoms with Crippen LogP contribution < -0.4 is 5.32 Å². The molecule has 15 heavy (non-hydrogen) atoms. The number of nitrogens with zero attached hydrogens (tertiary/aromatic N) is 2. The van der Waals surface area contributed by atoms with Gasteiger partial charge in [-0.15, -0.1) is 11.6 Å². The normalized spacial score (nSPS) is 17.4. The lowest BCUT2D eigenvalue weighted by atomic mass is 10.3. The van der Waals surface area contributed by atoms with Crippen molar-refractivity contribution in [1.82, 2.24) is 15.1 Å². The van der Waals surface area contributed by atoms with E-state index in [1.807, 2.05) is 0 Å². The van der Waals surface area contributed by atoms with Crippen LogP contribution in [0.5, 0.6) is 0 Å². The van der Waals surface area contributed by atoms with Gasteiger partial charge < -0.3 is 5.32 Å². The third-order valence-corrected chi connectivity index (χ3v) is 3.13. The summed E-state index contributed by atoms with van der Waals surface area (Å²) in [5.74, 6) is 0.656. The molecule has 3 nitrogen and oxygen atoms in total. The average Bonchev–Trinajstić information content (AvgIpc) is 2.87. The molecule has 1 aromatic rings. The maximum atomic E-state index is 5.59. The Morgan fingerprint density at radius 1 is 1.47 bits per heavy atom. The van der Waals surface area contributed by atoms with Crippen molar-refractivity contribution in [3.8, 4) is 0 Å². The van der Waals surface area contributed by atoms with Gasteiger partial charge in [0.1, 0.15) is 0 Å². The summed E-state index contributed by atoms with van der Waals surface area (Å²) in [6.45, 7) is 1.67. The smallest absolute Gasteiger partial charge is 0.0762 e. The number of hydrogen-bond acceptors (Lipinski definition) is 2. The Morgan fingerprint density at radius 2 is 2.27 bits per heavy atom. The highest BCUT2D eigenvalue weighted by molar-refractivity contribution is 6.18. The fourth-order valence-corrected chi connectivity index (χ4v) is 2.26. The Labute approximate surface area is 95.8 Å². The van der Waals surface area contributed by atoms with Crippen molar-refractivity contribution in [2.45, 2.75) is 38.3 Å². The van der Waals surface area contributed by atoms with Gasteiger partial charge >= 0.3 is 0 Å². The molecule has 1 heterocycles. The topological polar surface area (TPSA) is 29.9 Å². The molecule has 0 atom stereocenters. The second kappa shape index (κ2) is 5.52. The molecule has 4 heteroatoms. The van der Waals surface area contributed by atoms with Crippen LogP contribution in [-0.2, 0) is 6.54 Å². The Hall–Kier alpha value is -0.540. The highest BCUT2D eigenvalue weighted by atomic mass is 35.5. The monoisotopic (exact) mass is 227 g/mol. The zero-order chi connectivity index (χ0) is 10.5. The number of rotatable bonds is 5. The molecule has 84 valence electrons. The van der Waals surface area contributed by atoms with Gasteiger partial charge in [-0.3, -0.25) is 4.68 Å². The van der Waals surface area contributed by atoms with Crippen molar-refractivity contribution in [2.24, 2.45) is 0 Å². The first-order chi connectivity index (χ1) is 7.40. The van der Waals surface area contributed by atoms with E-state index in [1.165, 1.54) is 25.7 Å². The van der Waals surface area contributed by atoms with E-state index in [-0.39, 0.29) is 0 Å². The van der Waals surface area contributed by atoms with Crippen LogP contribution in [0.1, 0.15) is 37.4 Å². The zero-order valence-electron chi connectivity index (χ0n) is 8.95. The lowest BCUT2D eigenvalue weighted by molar-refractivity contribution is 0.461. The molecule has 0 aromatic carbocycles. The molecular formula is C11H18ClN3. The summed E-state index contributed by atoms with van der Waals surface area (Å²) in [4.78, 5) is 0. The second-order valence-electron chi connectivity index (χ2n) is 4.09. The number of aromatic nitrogens is 2. The molecule has 1 N–H and O–H groups in total. The van der Waals surface area contributed by atoms with Gasteiger partial charge in [-0.2, -0.15) is 5.10 Å². The maximum absolute atomic E-state index is 5.59. The molecule has 0 unspecified atom stereocenters. The zero-order valence-corrected chi connectivity index (χ0v) is 9.71. The van der Waals surface area contributed by atoms with Crippen LogP contribution in [0.3, 0.4) is 0 Å². The Morgan fingerprint density at radius 3 is 3.00 bits per heavy atom. The van der Waals surface area contributed by atoms with Gasteiger partial charge in [0.05, 0.1) is 11.7 Å². The minimum absolute atomic E-state index is 0.645. The first kappa shape index (κ1) is 11.0. The van der Waals surface area contributed by atoms with E-state index in [1.54, 1.807) is 0 Å². The molecular weight excluding hydrogens is 210 g/mol. The molecule has 1 saturated carbocycles. The van der Waals surface area contributed by atoms with Gasteiger partial charge in [0.25, 0.3) is 0 Å². The molecule has 0 saturated heterocycles. The van der Waals surface area contributed by atoms with Crippen LogP contribution in [0.2, 0.25) is 0 Å². The number of nitrogens with one attached hydrogen (secondary N) is 1. The lowest BCUT2D eigenvalue weighted by Crippen LogP contribution is -2.16. The molecule has 0 spiro atoms. The van der Waals surface area contributed by atoms with Crippen LogP contribution in [0.4, 0.5) is 0 Å². The lowest BCUT2D eigenvalue weighted by Gasteiger charge is -2.08. The Kier molecular flexibility index (Phi) is 4.03. The third-order valence-electron chi connectivity index (χ3n) is 2.94. The van der Waals surface area contributed by atoms with E-state index >= 15 is 0 Å². The predicted molar refractivity (Wildman–Crippen MR) is 62.2 cm³/mol.